The van der Waals surface area contributed by atoms with Gasteiger partial charge in [-0.15, -0.1) is 0 Å². The Balaban J connectivity index is 1.58. The van der Waals surface area contributed by atoms with Gasteiger partial charge in [-0.3, -0.25) is 14.4 Å². The molecule has 3 aromatic rings. The van der Waals surface area contributed by atoms with E-state index < -0.39 is 29.7 Å². The van der Waals surface area contributed by atoms with Crippen molar-refractivity contribution in [3.63, 3.8) is 0 Å². The average Bonchev–Trinajstić information content (AvgIpc) is 3.53. The van der Waals surface area contributed by atoms with Crippen molar-refractivity contribution in [1.29, 1.82) is 0 Å². The summed E-state index contributed by atoms with van der Waals surface area (Å²) in [6.07, 6.45) is 2.43. The number of hydrogen-bond acceptors (Lipinski definition) is 6. The number of carbonyl (C=O) groups is 3. The molecule has 1 N–H and O–H groups in total. The van der Waals surface area contributed by atoms with Crippen molar-refractivity contribution in [2.75, 3.05) is 33.3 Å². The highest BCUT2D eigenvalue weighted by atomic mass is 19.1. The molecule has 3 heterocycles. The second kappa shape index (κ2) is 12.0. The third-order valence-electron chi connectivity index (χ3n) is 9.38. The Labute approximate surface area is 251 Å². The zero-order chi connectivity index (χ0) is 30.2. The molecule has 4 unspecified atom stereocenters. The van der Waals surface area contributed by atoms with Gasteiger partial charge in [0.1, 0.15) is 29.1 Å². The molecule has 226 valence electrons. The van der Waals surface area contributed by atoms with Gasteiger partial charge in [-0.05, 0) is 68.1 Å². The lowest BCUT2D eigenvalue weighted by Crippen LogP contribution is -2.56. The first-order chi connectivity index (χ1) is 20.8. The van der Waals surface area contributed by atoms with Crippen LogP contribution in [0.2, 0.25) is 0 Å². The number of halogens is 1. The summed E-state index contributed by atoms with van der Waals surface area (Å²) in [5, 5.41) is 3.29. The molecule has 2 aromatic carbocycles. The molecule has 0 spiro atoms. The van der Waals surface area contributed by atoms with Gasteiger partial charge < -0.3 is 24.3 Å². The molecular formula is C34H38FN3O5. The lowest BCUT2D eigenvalue weighted by molar-refractivity contribution is -0.150. The molecule has 2 aliphatic heterocycles. The van der Waals surface area contributed by atoms with Crippen LogP contribution in [0, 0.1) is 31.5 Å². The number of likely N-dealkylation sites (tertiary alicyclic amines) is 1. The number of ether oxygens (including phenoxy) is 1. The maximum atomic E-state index is 14.8. The van der Waals surface area contributed by atoms with Crippen molar-refractivity contribution in [3.8, 4) is 5.75 Å². The largest absolute Gasteiger partial charge is 0.497 e. The van der Waals surface area contributed by atoms with Crippen LogP contribution in [0.4, 0.5) is 4.39 Å². The zero-order valence-corrected chi connectivity index (χ0v) is 24.8. The molecule has 8 nitrogen and oxygen atoms in total. The fourth-order valence-electron chi connectivity index (χ4n) is 7.00. The van der Waals surface area contributed by atoms with Crippen molar-refractivity contribution in [1.82, 2.24) is 15.1 Å². The highest BCUT2D eigenvalue weighted by molar-refractivity contribution is 6.03. The minimum atomic E-state index is -0.920. The van der Waals surface area contributed by atoms with Gasteiger partial charge >= 0.3 is 0 Å². The number of ketones is 1. The number of amides is 2. The van der Waals surface area contributed by atoms with Gasteiger partial charge in [-0.25, -0.2) is 4.39 Å². The third kappa shape index (κ3) is 5.35. The topological polar surface area (TPSA) is 92.1 Å². The summed E-state index contributed by atoms with van der Waals surface area (Å²) in [6.45, 7) is 5.87. The molecule has 3 fully saturated rings. The Morgan fingerprint density at radius 1 is 0.930 bits per heavy atom. The van der Waals surface area contributed by atoms with Gasteiger partial charge in [-0.2, -0.15) is 0 Å². The number of benzene rings is 2. The first kappa shape index (κ1) is 29.1. The Kier molecular flexibility index (Phi) is 8.09. The zero-order valence-electron chi connectivity index (χ0n) is 24.8. The Morgan fingerprint density at radius 3 is 2.14 bits per heavy atom. The maximum Gasteiger partial charge on any atom is 0.246 e. The van der Waals surface area contributed by atoms with Gasteiger partial charge in [0.2, 0.25) is 11.8 Å². The lowest BCUT2D eigenvalue weighted by atomic mass is 9.75. The SMILES string of the molecule is COc1ccc(C2C(C(=O)c3cc(C)oc3C)C(c3ccc(F)cc3)N(C(=O)C3CCC3)C2C(=O)N2CCNCC2)cc1. The van der Waals surface area contributed by atoms with Crippen molar-refractivity contribution in [3.05, 3.63) is 88.6 Å². The van der Waals surface area contributed by atoms with E-state index in [9.17, 15) is 18.8 Å². The van der Waals surface area contributed by atoms with E-state index in [1.807, 2.05) is 24.3 Å². The highest BCUT2D eigenvalue weighted by Crippen LogP contribution is 2.53. The van der Waals surface area contributed by atoms with Gasteiger partial charge in [-0.1, -0.05) is 30.7 Å². The number of furan rings is 1. The first-order valence-corrected chi connectivity index (χ1v) is 15.1. The molecule has 2 amide bonds. The number of aryl methyl sites for hydroxylation is 2. The van der Waals surface area contributed by atoms with E-state index in [2.05, 4.69) is 5.32 Å². The number of nitrogens with one attached hydrogen (secondary N) is 1. The number of hydrogen-bond donors (Lipinski definition) is 1. The van der Waals surface area contributed by atoms with E-state index in [4.69, 9.17) is 9.15 Å². The van der Waals surface area contributed by atoms with E-state index in [1.54, 1.807) is 49.0 Å². The third-order valence-corrected chi connectivity index (χ3v) is 9.38. The van der Waals surface area contributed by atoms with E-state index in [0.717, 1.165) is 24.8 Å². The van der Waals surface area contributed by atoms with Crippen LogP contribution >= 0.6 is 0 Å². The number of rotatable bonds is 7. The van der Waals surface area contributed by atoms with Gasteiger partial charge in [0.15, 0.2) is 5.78 Å². The van der Waals surface area contributed by atoms with Gasteiger partial charge in [0, 0.05) is 38.0 Å². The fraction of sp³-hybridized carbons (Fsp3) is 0.441. The van der Waals surface area contributed by atoms with Gasteiger partial charge in [0.05, 0.1) is 24.6 Å². The lowest BCUT2D eigenvalue weighted by Gasteiger charge is -2.39. The summed E-state index contributed by atoms with van der Waals surface area (Å²) >= 11 is 0. The molecule has 4 atom stereocenters. The standard InChI is InChI=1S/C34H38FN3O5/c1-20-19-27(21(2)43-20)32(39)29-28(22-9-13-26(42-3)14-10-22)31(34(41)37-17-15-36-16-18-37)38(33(40)24-5-4-6-24)30(29)23-7-11-25(35)12-8-23/h7-14,19,24,28-31,36H,4-6,15-18H2,1-3H3. The van der Waals surface area contributed by atoms with Crippen LogP contribution in [-0.2, 0) is 9.59 Å². The summed E-state index contributed by atoms with van der Waals surface area (Å²) in [4.78, 5) is 47.4. The van der Waals surface area contributed by atoms with E-state index >= 15 is 0 Å². The van der Waals surface area contributed by atoms with E-state index in [-0.39, 0.29) is 23.5 Å². The first-order valence-electron chi connectivity index (χ1n) is 15.1. The quantitative estimate of drug-likeness (QED) is 0.399. The van der Waals surface area contributed by atoms with Crippen LogP contribution in [0.3, 0.4) is 0 Å². The molecule has 3 aliphatic rings. The number of piperazine rings is 1. The molecule has 1 aliphatic carbocycles. The van der Waals surface area contributed by atoms with E-state index in [0.29, 0.717) is 54.6 Å². The van der Waals surface area contributed by atoms with Crippen LogP contribution < -0.4 is 10.1 Å². The summed E-state index contributed by atoms with van der Waals surface area (Å²) in [5.41, 5.74) is 1.82. The monoisotopic (exact) mass is 587 g/mol. The number of nitrogens with zero attached hydrogens (tertiary/aromatic N) is 2. The molecule has 9 heteroatoms. The second-order valence-electron chi connectivity index (χ2n) is 11.9. The molecule has 43 heavy (non-hydrogen) atoms. The van der Waals surface area contributed by atoms with Gasteiger partial charge in [0.25, 0.3) is 0 Å². The summed E-state index contributed by atoms with van der Waals surface area (Å²) < 4.78 is 25.4. The van der Waals surface area contributed by atoms with Crippen molar-refractivity contribution in [2.24, 2.45) is 11.8 Å². The van der Waals surface area contributed by atoms with Crippen LogP contribution in [0.5, 0.6) is 5.75 Å². The fourth-order valence-corrected chi connectivity index (χ4v) is 7.00. The minimum Gasteiger partial charge on any atom is -0.497 e. The van der Waals surface area contributed by atoms with Crippen LogP contribution in [0.1, 0.15) is 64.2 Å². The predicted molar refractivity (Wildman–Crippen MR) is 158 cm³/mol. The normalized spacial score (nSPS) is 24.1. The average molecular weight is 588 g/mol. The summed E-state index contributed by atoms with van der Waals surface area (Å²) in [7, 11) is 1.58. The van der Waals surface area contributed by atoms with Crippen LogP contribution in [-0.4, -0.2) is 66.7 Å². The number of methoxy groups -OCH3 is 1. The Bertz CT molecular complexity index is 1490. The number of carbonyl (C=O) groups excluding carboxylic acids is 3. The smallest absolute Gasteiger partial charge is 0.246 e. The molecule has 2 saturated heterocycles. The molecule has 1 aromatic heterocycles. The summed E-state index contributed by atoms with van der Waals surface area (Å²) in [5.74, 6) is -0.866. The summed E-state index contributed by atoms with van der Waals surface area (Å²) in [6, 6.07) is 13.4. The van der Waals surface area contributed by atoms with Crippen molar-refractivity contribution in [2.45, 2.75) is 51.1 Å². The highest BCUT2D eigenvalue weighted by Gasteiger charge is 2.59. The van der Waals surface area contributed by atoms with Crippen molar-refractivity contribution < 1.29 is 27.9 Å². The molecule has 1 saturated carbocycles. The van der Waals surface area contributed by atoms with Crippen LogP contribution in [0.15, 0.2) is 59.0 Å². The Morgan fingerprint density at radius 2 is 1.58 bits per heavy atom. The molecule has 0 bridgehead atoms. The van der Waals surface area contributed by atoms with E-state index in [1.165, 1.54) is 12.1 Å². The number of Topliss-reactive ketones (excluding diaryl/α,β-unsaturated/α-hetero) is 1. The molecule has 0 radical (unpaired) electrons. The Hall–Kier alpha value is -3.98. The predicted octanol–water partition coefficient (Wildman–Crippen LogP) is 4.81. The van der Waals surface area contributed by atoms with Crippen molar-refractivity contribution >= 4 is 17.6 Å². The molecule has 6 rings (SSSR count). The maximum absolute atomic E-state index is 14.8. The second-order valence-corrected chi connectivity index (χ2v) is 11.9. The van der Waals surface area contributed by atoms with Crippen LogP contribution in [0.25, 0.3) is 0 Å². The minimum absolute atomic E-state index is 0.122. The molecular weight excluding hydrogens is 549 g/mol.